The quantitative estimate of drug-likeness (QED) is 0.623. The number of hydrogen-bond donors (Lipinski definition) is 2. The van der Waals surface area contributed by atoms with E-state index in [4.69, 9.17) is 10.7 Å². The summed E-state index contributed by atoms with van der Waals surface area (Å²) in [6, 6.07) is 0. The fourth-order valence-corrected chi connectivity index (χ4v) is 5.05. The molecule has 3 N–H and O–H groups in total. The highest BCUT2D eigenvalue weighted by atomic mass is 15.0. The second-order valence-corrected chi connectivity index (χ2v) is 8.85. The molecule has 0 bridgehead atoms. The van der Waals surface area contributed by atoms with Crippen LogP contribution >= 0.6 is 0 Å². The van der Waals surface area contributed by atoms with Crippen molar-refractivity contribution in [2.24, 2.45) is 22.6 Å². The Morgan fingerprint density at radius 3 is 2.30 bits per heavy atom. The largest absolute Gasteiger partial charge is 0.350 e. The van der Waals surface area contributed by atoms with Crippen molar-refractivity contribution in [3.63, 3.8) is 0 Å². The van der Waals surface area contributed by atoms with Crippen molar-refractivity contribution in [3.05, 3.63) is 83.2 Å². The minimum atomic E-state index is -0.482. The van der Waals surface area contributed by atoms with Crippen LogP contribution in [0.2, 0.25) is 0 Å². The smallest absolute Gasteiger partial charge is 0.133 e. The third-order valence-corrected chi connectivity index (χ3v) is 6.73. The van der Waals surface area contributed by atoms with Crippen LogP contribution in [0.5, 0.6) is 0 Å². The molecule has 0 amide bonds. The third-order valence-electron chi connectivity index (χ3n) is 6.73. The van der Waals surface area contributed by atoms with Crippen LogP contribution in [0, 0.1) is 11.8 Å². The number of allylic oxidation sites excluding steroid dienone is 8. The van der Waals surface area contributed by atoms with Gasteiger partial charge in [-0.3, -0.25) is 4.99 Å². The number of nitrogens with two attached hydrogens (primary N) is 1. The fraction of sp³-hybridized carbons (Fsp3) is 0.444. The molecule has 0 saturated carbocycles. The zero-order valence-electron chi connectivity index (χ0n) is 18.4. The van der Waals surface area contributed by atoms with Crippen molar-refractivity contribution in [1.29, 1.82) is 0 Å². The lowest BCUT2D eigenvalue weighted by Gasteiger charge is -2.40. The summed E-state index contributed by atoms with van der Waals surface area (Å²) in [7, 11) is 0. The molecule has 30 heavy (non-hydrogen) atoms. The second-order valence-electron chi connectivity index (χ2n) is 8.85. The Morgan fingerprint density at radius 2 is 1.73 bits per heavy atom. The highest BCUT2D eigenvalue weighted by Crippen LogP contribution is 2.45. The van der Waals surface area contributed by atoms with Crippen molar-refractivity contribution in [2.45, 2.75) is 57.9 Å². The van der Waals surface area contributed by atoms with Gasteiger partial charge in [0, 0.05) is 12.5 Å². The molecule has 1 aliphatic heterocycles. The molecule has 4 aliphatic rings. The molecule has 0 aromatic carbocycles. The van der Waals surface area contributed by atoms with E-state index in [0.717, 1.165) is 44.4 Å². The molecule has 0 fully saturated rings. The molecular formula is C27H35N3. The number of hydrogen-bond acceptors (Lipinski definition) is 2. The first-order valence-electron chi connectivity index (χ1n) is 11.5. The summed E-state index contributed by atoms with van der Waals surface area (Å²) in [5.41, 5.74) is 11.1. The Balaban J connectivity index is 1.96. The Kier molecular flexibility index (Phi) is 6.38. The molecule has 3 nitrogen and oxygen atoms in total. The average Bonchev–Trinajstić information content (AvgIpc) is 2.79. The molecule has 0 aromatic heterocycles. The summed E-state index contributed by atoms with van der Waals surface area (Å²) >= 11 is 0. The predicted octanol–water partition coefficient (Wildman–Crippen LogP) is 5.67. The first-order valence-corrected chi connectivity index (χ1v) is 11.5. The van der Waals surface area contributed by atoms with E-state index in [1.165, 1.54) is 22.3 Å². The monoisotopic (exact) mass is 401 g/mol. The third kappa shape index (κ3) is 3.96. The zero-order chi connectivity index (χ0) is 21.0. The normalized spacial score (nSPS) is 27.9. The van der Waals surface area contributed by atoms with E-state index in [2.05, 4.69) is 73.8 Å². The second kappa shape index (κ2) is 9.18. The minimum Gasteiger partial charge on any atom is -0.350 e. The van der Waals surface area contributed by atoms with Gasteiger partial charge in [0.2, 0.25) is 0 Å². The van der Waals surface area contributed by atoms with Crippen molar-refractivity contribution in [3.8, 4) is 0 Å². The molecule has 0 aromatic rings. The van der Waals surface area contributed by atoms with Crippen LogP contribution in [0.4, 0.5) is 0 Å². The lowest BCUT2D eigenvalue weighted by atomic mass is 9.70. The standard InChI is InChI=1S/C27H35N3/c1-20-10-9-15-24(18-20)27(22-11-5-3-6-12-22,23-13-7-4-8-14-23)30-26-25(19-28)21(2)16-17-29-26/h5,7,10-14,16-18,21,25H,3-4,6,8-9,15,19,28H2,1-2H3,(H,29,30). The number of nitrogens with zero attached hydrogens (tertiary/aromatic N) is 1. The summed E-state index contributed by atoms with van der Waals surface area (Å²) in [6.07, 6.45) is 29.4. The predicted molar refractivity (Wildman–Crippen MR) is 128 cm³/mol. The molecule has 2 unspecified atom stereocenters. The minimum absolute atomic E-state index is 0.205. The molecule has 2 atom stereocenters. The average molecular weight is 402 g/mol. The first kappa shape index (κ1) is 20.9. The van der Waals surface area contributed by atoms with Gasteiger partial charge in [-0.1, -0.05) is 67.2 Å². The summed E-state index contributed by atoms with van der Waals surface area (Å²) in [5, 5.41) is 3.48. The molecule has 3 heteroatoms. The van der Waals surface area contributed by atoms with Gasteiger partial charge in [0.05, 0.1) is 0 Å². The number of aliphatic imine (C=N–C) groups is 1. The van der Waals surface area contributed by atoms with E-state index in [-0.39, 0.29) is 5.92 Å². The highest BCUT2D eigenvalue weighted by Gasteiger charge is 2.42. The van der Waals surface area contributed by atoms with E-state index in [0.29, 0.717) is 12.5 Å². The van der Waals surface area contributed by atoms with Gasteiger partial charge in [-0.2, -0.15) is 0 Å². The number of rotatable bonds is 5. The van der Waals surface area contributed by atoms with Gasteiger partial charge in [-0.15, -0.1) is 0 Å². The molecule has 4 rings (SSSR count). The fourth-order valence-electron chi connectivity index (χ4n) is 5.05. The van der Waals surface area contributed by atoms with Crippen molar-refractivity contribution in [2.75, 3.05) is 6.54 Å². The van der Waals surface area contributed by atoms with E-state index in [1.807, 2.05) is 6.20 Å². The van der Waals surface area contributed by atoms with Crippen LogP contribution in [0.15, 0.2) is 88.2 Å². The van der Waals surface area contributed by atoms with Gasteiger partial charge in [-0.25, -0.2) is 0 Å². The van der Waals surface area contributed by atoms with Crippen molar-refractivity contribution < 1.29 is 0 Å². The maximum Gasteiger partial charge on any atom is 0.133 e. The van der Waals surface area contributed by atoms with Gasteiger partial charge >= 0.3 is 0 Å². The Hall–Kier alpha value is -2.39. The van der Waals surface area contributed by atoms with E-state index in [9.17, 15) is 0 Å². The topological polar surface area (TPSA) is 50.4 Å². The number of amidine groups is 1. The van der Waals surface area contributed by atoms with E-state index in [1.54, 1.807) is 0 Å². The Labute approximate surface area is 181 Å². The van der Waals surface area contributed by atoms with Gasteiger partial charge in [-0.05, 0) is 74.3 Å². The molecule has 0 radical (unpaired) electrons. The molecule has 1 heterocycles. The van der Waals surface area contributed by atoms with Gasteiger partial charge in [0.25, 0.3) is 0 Å². The van der Waals surface area contributed by atoms with Crippen LogP contribution in [0.1, 0.15) is 52.4 Å². The van der Waals surface area contributed by atoms with Crippen LogP contribution in [0.25, 0.3) is 0 Å². The molecule has 0 spiro atoms. The summed E-state index contributed by atoms with van der Waals surface area (Å²) in [5.74, 6) is 1.60. The van der Waals surface area contributed by atoms with Gasteiger partial charge in [0.1, 0.15) is 11.4 Å². The lowest BCUT2D eigenvalue weighted by Crippen LogP contribution is -2.44. The molecule has 158 valence electrons. The van der Waals surface area contributed by atoms with Crippen LogP contribution in [-0.4, -0.2) is 17.9 Å². The van der Waals surface area contributed by atoms with Crippen molar-refractivity contribution >= 4 is 5.84 Å². The Bertz CT molecular complexity index is 872. The maximum atomic E-state index is 6.22. The van der Waals surface area contributed by atoms with E-state index < -0.39 is 5.54 Å². The first-order chi connectivity index (χ1) is 14.6. The summed E-state index contributed by atoms with van der Waals surface area (Å²) in [6.45, 7) is 5.03. The van der Waals surface area contributed by atoms with Gasteiger partial charge < -0.3 is 11.1 Å². The van der Waals surface area contributed by atoms with Crippen LogP contribution < -0.4 is 11.1 Å². The summed E-state index contributed by atoms with van der Waals surface area (Å²) < 4.78 is 0. The zero-order valence-corrected chi connectivity index (χ0v) is 18.4. The number of nitrogens with one attached hydrogen (secondary N) is 1. The SMILES string of the molecule is CC1=CCCC(C(N=C2NC=CC(C)C2CN)(C2=CCCC=C2)C2=CCCC=C2)=C1. The van der Waals surface area contributed by atoms with Crippen molar-refractivity contribution in [1.82, 2.24) is 5.32 Å². The molecule has 3 aliphatic carbocycles. The van der Waals surface area contributed by atoms with Crippen LogP contribution in [0.3, 0.4) is 0 Å². The molecular weight excluding hydrogens is 366 g/mol. The lowest BCUT2D eigenvalue weighted by molar-refractivity contribution is 0.518. The molecule has 0 saturated heterocycles. The van der Waals surface area contributed by atoms with E-state index >= 15 is 0 Å². The highest BCUT2D eigenvalue weighted by molar-refractivity contribution is 5.89. The summed E-state index contributed by atoms with van der Waals surface area (Å²) in [4.78, 5) is 5.61. The van der Waals surface area contributed by atoms with Gasteiger partial charge in [0.15, 0.2) is 0 Å². The van der Waals surface area contributed by atoms with Crippen LogP contribution in [-0.2, 0) is 0 Å². The maximum absolute atomic E-state index is 6.22. The Morgan fingerprint density at radius 1 is 1.03 bits per heavy atom.